The minimum Gasteiger partial charge on any atom is -0.459 e. The van der Waals surface area contributed by atoms with Crippen LogP contribution >= 0.6 is 0 Å². The van der Waals surface area contributed by atoms with Gasteiger partial charge in [0.1, 0.15) is 0 Å². The number of nitrogens with zero attached hydrogens (tertiary/aromatic N) is 1. The number of furan rings is 1. The molecule has 1 unspecified atom stereocenters. The summed E-state index contributed by atoms with van der Waals surface area (Å²) in [6.07, 6.45) is 3.42. The van der Waals surface area contributed by atoms with Crippen molar-refractivity contribution in [3.63, 3.8) is 0 Å². The van der Waals surface area contributed by atoms with Gasteiger partial charge in [-0.3, -0.25) is 0 Å². The molecular formula is C18H18N2O5S. The summed E-state index contributed by atoms with van der Waals surface area (Å²) in [6, 6.07) is 11.5. The molecule has 0 radical (unpaired) electrons. The summed E-state index contributed by atoms with van der Waals surface area (Å²) in [6.45, 7) is 1.17. The topological polar surface area (TPSA) is 94.6 Å². The lowest BCUT2D eigenvalue weighted by Gasteiger charge is -2.10. The Morgan fingerprint density at radius 2 is 2.00 bits per heavy atom. The summed E-state index contributed by atoms with van der Waals surface area (Å²) in [7, 11) is -3.84. The Hall–Kier alpha value is -2.58. The van der Waals surface area contributed by atoms with Gasteiger partial charge in [-0.15, -0.1) is 0 Å². The molecule has 0 aliphatic carbocycles. The Bertz CT molecular complexity index is 958. The van der Waals surface area contributed by atoms with Crippen LogP contribution in [-0.2, 0) is 14.6 Å². The zero-order chi connectivity index (χ0) is 18.0. The van der Waals surface area contributed by atoms with Crippen molar-refractivity contribution in [1.82, 2.24) is 4.98 Å². The molecule has 0 saturated carbocycles. The van der Waals surface area contributed by atoms with E-state index in [1.165, 1.54) is 18.4 Å². The van der Waals surface area contributed by atoms with Crippen molar-refractivity contribution in [2.24, 2.45) is 0 Å². The number of hydrogen-bond donors (Lipinski definition) is 1. The van der Waals surface area contributed by atoms with E-state index in [-0.39, 0.29) is 27.8 Å². The Kier molecular flexibility index (Phi) is 4.52. The zero-order valence-corrected chi connectivity index (χ0v) is 14.7. The van der Waals surface area contributed by atoms with Gasteiger partial charge in [-0.25, -0.2) is 8.42 Å². The molecule has 26 heavy (non-hydrogen) atoms. The number of rotatable bonds is 6. The molecule has 1 aliphatic heterocycles. The van der Waals surface area contributed by atoms with E-state index in [2.05, 4.69) is 10.3 Å². The second-order valence-electron chi connectivity index (χ2n) is 5.96. The molecule has 8 heteroatoms. The van der Waals surface area contributed by atoms with E-state index < -0.39 is 9.84 Å². The van der Waals surface area contributed by atoms with Crippen molar-refractivity contribution in [3.8, 4) is 11.7 Å². The van der Waals surface area contributed by atoms with Crippen molar-refractivity contribution >= 4 is 15.7 Å². The van der Waals surface area contributed by atoms with Gasteiger partial charge < -0.3 is 18.9 Å². The maximum Gasteiger partial charge on any atom is 0.266 e. The van der Waals surface area contributed by atoms with Crippen molar-refractivity contribution in [1.29, 1.82) is 0 Å². The maximum absolute atomic E-state index is 13.0. The number of benzene rings is 1. The van der Waals surface area contributed by atoms with Crippen LogP contribution in [-0.4, -0.2) is 32.7 Å². The zero-order valence-electron chi connectivity index (χ0n) is 13.9. The van der Waals surface area contributed by atoms with Crippen LogP contribution in [0.1, 0.15) is 12.8 Å². The van der Waals surface area contributed by atoms with E-state index in [9.17, 15) is 8.42 Å². The fourth-order valence-electron chi connectivity index (χ4n) is 2.83. The average molecular weight is 374 g/mol. The smallest absolute Gasteiger partial charge is 0.266 e. The van der Waals surface area contributed by atoms with Gasteiger partial charge in [0, 0.05) is 13.2 Å². The molecule has 1 aliphatic rings. The summed E-state index contributed by atoms with van der Waals surface area (Å²) in [5, 5.41) is 2.88. The highest BCUT2D eigenvalue weighted by molar-refractivity contribution is 7.91. The second kappa shape index (κ2) is 6.97. The van der Waals surface area contributed by atoms with Crippen LogP contribution in [0.4, 0.5) is 5.88 Å². The molecule has 1 fully saturated rings. The van der Waals surface area contributed by atoms with Gasteiger partial charge in [0.25, 0.3) is 5.89 Å². The van der Waals surface area contributed by atoms with E-state index in [0.29, 0.717) is 12.3 Å². The molecule has 1 aromatic carbocycles. The van der Waals surface area contributed by atoms with Crippen LogP contribution in [0.2, 0.25) is 0 Å². The predicted molar refractivity (Wildman–Crippen MR) is 93.6 cm³/mol. The highest BCUT2D eigenvalue weighted by Crippen LogP contribution is 2.32. The van der Waals surface area contributed by atoms with Gasteiger partial charge in [0.2, 0.25) is 20.7 Å². The fraction of sp³-hybridized carbons (Fsp3) is 0.278. The number of nitrogens with one attached hydrogen (secondary N) is 1. The third-order valence-corrected chi connectivity index (χ3v) is 5.83. The molecule has 0 amide bonds. The lowest BCUT2D eigenvalue weighted by atomic mass is 10.2. The minimum atomic E-state index is -3.84. The van der Waals surface area contributed by atoms with Crippen LogP contribution in [0.25, 0.3) is 11.7 Å². The molecular weight excluding hydrogens is 356 g/mol. The summed E-state index contributed by atoms with van der Waals surface area (Å²) in [5.74, 6) is 0.565. The first kappa shape index (κ1) is 16.9. The quantitative estimate of drug-likeness (QED) is 0.707. The Morgan fingerprint density at radius 3 is 2.69 bits per heavy atom. The van der Waals surface area contributed by atoms with Gasteiger partial charge in [-0.2, -0.15) is 4.98 Å². The van der Waals surface area contributed by atoms with Crippen molar-refractivity contribution in [2.75, 3.05) is 18.5 Å². The molecule has 3 aromatic rings. The number of anilines is 1. The summed E-state index contributed by atoms with van der Waals surface area (Å²) < 4.78 is 42.5. The molecule has 136 valence electrons. The Labute approximate surface area is 150 Å². The Balaban J connectivity index is 1.71. The number of sulfone groups is 1. The average Bonchev–Trinajstić information content (AvgIpc) is 3.41. The number of oxazole rings is 1. The standard InChI is InChI=1S/C18H18N2O5S/c21-26(22,14-7-2-1-3-8-14)18-17(19-12-13-6-4-10-23-13)25-16(20-18)15-9-5-11-24-15/h1-3,5,7-9,11,13,19H,4,6,10,12H2. The SMILES string of the molecule is O=S(=O)(c1ccccc1)c1nc(-c2ccco2)oc1NCC1CCCO1. The maximum atomic E-state index is 13.0. The minimum absolute atomic E-state index is 0.0273. The summed E-state index contributed by atoms with van der Waals surface area (Å²) in [5.41, 5.74) is 0. The lowest BCUT2D eigenvalue weighted by molar-refractivity contribution is 0.120. The van der Waals surface area contributed by atoms with Crippen LogP contribution in [0, 0.1) is 0 Å². The largest absolute Gasteiger partial charge is 0.459 e. The molecule has 1 N–H and O–H groups in total. The molecule has 1 saturated heterocycles. The molecule has 4 rings (SSSR count). The van der Waals surface area contributed by atoms with Gasteiger partial charge in [-0.05, 0) is 37.1 Å². The second-order valence-corrected chi connectivity index (χ2v) is 7.83. The first-order valence-electron chi connectivity index (χ1n) is 8.35. The molecule has 2 aromatic heterocycles. The molecule has 7 nitrogen and oxygen atoms in total. The highest BCUT2D eigenvalue weighted by atomic mass is 32.2. The van der Waals surface area contributed by atoms with Gasteiger partial charge >= 0.3 is 0 Å². The molecule has 0 spiro atoms. The fourth-order valence-corrected chi connectivity index (χ4v) is 4.13. The Morgan fingerprint density at radius 1 is 1.15 bits per heavy atom. The molecule has 3 heterocycles. The van der Waals surface area contributed by atoms with E-state index in [1.54, 1.807) is 30.3 Å². The number of hydrogen-bond acceptors (Lipinski definition) is 7. The van der Waals surface area contributed by atoms with E-state index >= 15 is 0 Å². The van der Waals surface area contributed by atoms with E-state index in [0.717, 1.165) is 19.4 Å². The lowest BCUT2D eigenvalue weighted by Crippen LogP contribution is -2.19. The van der Waals surface area contributed by atoms with Crippen LogP contribution in [0.3, 0.4) is 0 Å². The third-order valence-electron chi connectivity index (χ3n) is 4.15. The van der Waals surface area contributed by atoms with Crippen LogP contribution in [0.15, 0.2) is 67.5 Å². The molecule has 0 bridgehead atoms. The van der Waals surface area contributed by atoms with Gasteiger partial charge in [0.15, 0.2) is 5.76 Å². The van der Waals surface area contributed by atoms with Crippen molar-refractivity contribution in [2.45, 2.75) is 28.9 Å². The van der Waals surface area contributed by atoms with Crippen LogP contribution in [0.5, 0.6) is 0 Å². The first-order chi connectivity index (χ1) is 12.6. The summed E-state index contributed by atoms with van der Waals surface area (Å²) >= 11 is 0. The van der Waals surface area contributed by atoms with Crippen molar-refractivity contribution in [3.05, 3.63) is 48.7 Å². The number of ether oxygens (including phenoxy) is 1. The summed E-state index contributed by atoms with van der Waals surface area (Å²) in [4.78, 5) is 4.35. The first-order valence-corrected chi connectivity index (χ1v) is 9.83. The highest BCUT2D eigenvalue weighted by Gasteiger charge is 2.29. The van der Waals surface area contributed by atoms with Crippen LogP contribution < -0.4 is 5.32 Å². The van der Waals surface area contributed by atoms with Crippen molar-refractivity contribution < 1.29 is 22.0 Å². The van der Waals surface area contributed by atoms with Gasteiger partial charge in [0.05, 0.1) is 17.3 Å². The third kappa shape index (κ3) is 3.25. The number of aromatic nitrogens is 1. The normalized spacial score (nSPS) is 17.5. The monoisotopic (exact) mass is 374 g/mol. The van der Waals surface area contributed by atoms with Gasteiger partial charge in [-0.1, -0.05) is 18.2 Å². The van der Waals surface area contributed by atoms with E-state index in [4.69, 9.17) is 13.6 Å². The molecule has 1 atom stereocenters. The predicted octanol–water partition coefficient (Wildman–Crippen LogP) is 3.36. The van der Waals surface area contributed by atoms with E-state index in [1.807, 2.05) is 0 Å².